The number of rotatable bonds is 8. The maximum atomic E-state index is 10.8. The van der Waals surface area contributed by atoms with E-state index in [-0.39, 0.29) is 42.5 Å². The topological polar surface area (TPSA) is 99.5 Å². The number of aryl methyl sites for hydroxylation is 1. The molecule has 3 N–H and O–H groups in total. The first-order valence-corrected chi connectivity index (χ1v) is 10.8. The molecular formula is C24H30O6. The van der Waals surface area contributed by atoms with Crippen molar-refractivity contribution in [1.29, 1.82) is 0 Å². The van der Waals surface area contributed by atoms with Crippen LogP contribution in [0, 0.1) is 23.7 Å². The van der Waals surface area contributed by atoms with Crippen molar-refractivity contribution < 1.29 is 29.6 Å². The summed E-state index contributed by atoms with van der Waals surface area (Å²) in [5.41, 5.74) is 2.10. The number of benzene rings is 1. The Morgan fingerprint density at radius 2 is 2.17 bits per heavy atom. The number of carboxylic acids is 1. The van der Waals surface area contributed by atoms with Gasteiger partial charge in [0.1, 0.15) is 18.0 Å². The van der Waals surface area contributed by atoms with Crippen molar-refractivity contribution in [2.24, 2.45) is 11.8 Å². The average molecular weight is 414 g/mol. The molecule has 4 rings (SSSR count). The molecule has 0 amide bonds. The number of carbonyl (C=O) groups is 1. The highest BCUT2D eigenvalue weighted by Crippen LogP contribution is 2.56. The first-order chi connectivity index (χ1) is 14.4. The second-order valence-electron chi connectivity index (χ2n) is 8.81. The Morgan fingerprint density at radius 3 is 2.90 bits per heavy atom. The number of aliphatic carboxylic acids is 1. The highest BCUT2D eigenvalue weighted by Gasteiger charge is 2.61. The van der Waals surface area contributed by atoms with Gasteiger partial charge < -0.3 is 24.8 Å². The van der Waals surface area contributed by atoms with Gasteiger partial charge in [0.2, 0.25) is 0 Å². The van der Waals surface area contributed by atoms with Gasteiger partial charge in [-0.15, -0.1) is 11.8 Å². The molecular weight excluding hydrogens is 384 g/mol. The zero-order chi connectivity index (χ0) is 21.4. The molecule has 0 bridgehead atoms. The van der Waals surface area contributed by atoms with E-state index in [0.29, 0.717) is 25.7 Å². The third kappa shape index (κ3) is 3.94. The molecule has 1 aliphatic carbocycles. The molecule has 1 saturated carbocycles. The number of fused-ring (bicyclic) bond motifs is 3. The van der Waals surface area contributed by atoms with Crippen LogP contribution < -0.4 is 4.74 Å². The highest BCUT2D eigenvalue weighted by molar-refractivity contribution is 5.66. The van der Waals surface area contributed by atoms with E-state index < -0.39 is 18.2 Å². The van der Waals surface area contributed by atoms with Gasteiger partial charge in [-0.25, -0.2) is 0 Å². The number of carboxylic acid groups (broad SMARTS) is 1. The average Bonchev–Trinajstić information content (AvgIpc) is 3.31. The summed E-state index contributed by atoms with van der Waals surface area (Å²) in [5, 5.41) is 30.3. The highest BCUT2D eigenvalue weighted by atomic mass is 16.6. The van der Waals surface area contributed by atoms with E-state index in [4.69, 9.17) is 14.6 Å². The summed E-state index contributed by atoms with van der Waals surface area (Å²) in [6, 6.07) is 6.01. The van der Waals surface area contributed by atoms with Crippen molar-refractivity contribution in [2.45, 2.75) is 82.4 Å². The molecule has 0 radical (unpaired) electrons. The predicted molar refractivity (Wildman–Crippen MR) is 110 cm³/mol. The fourth-order valence-electron chi connectivity index (χ4n) is 5.20. The van der Waals surface area contributed by atoms with E-state index >= 15 is 0 Å². The van der Waals surface area contributed by atoms with Crippen molar-refractivity contribution in [2.75, 3.05) is 0 Å². The molecule has 30 heavy (non-hydrogen) atoms. The standard InChI is InChI=1S/C24H30O6/c1-3-4-7-13(2)21(28)24-23(30-24)20-16(25)12-17-19(20)15-10-5-8-14(22(15)29-17)9-6-11-18(26)27/h5,8,10,13,16-17,19-21,23-25,28H,6-7,9,11-12H2,1-2H3,(H,26,27)/t13?,16-,17+,19+,20+,21+,23-,24?/m1/s1. The molecule has 6 nitrogen and oxygen atoms in total. The summed E-state index contributed by atoms with van der Waals surface area (Å²) in [6.45, 7) is 3.76. The fourth-order valence-corrected chi connectivity index (χ4v) is 5.20. The van der Waals surface area contributed by atoms with E-state index in [1.807, 2.05) is 25.1 Å². The first-order valence-electron chi connectivity index (χ1n) is 10.8. The minimum absolute atomic E-state index is 0.00902. The third-order valence-electron chi connectivity index (χ3n) is 6.79. The van der Waals surface area contributed by atoms with Gasteiger partial charge in [0.15, 0.2) is 0 Å². The van der Waals surface area contributed by atoms with Crippen LogP contribution in [-0.2, 0) is 16.0 Å². The van der Waals surface area contributed by atoms with Crippen LogP contribution in [0.5, 0.6) is 5.75 Å². The van der Waals surface area contributed by atoms with Crippen molar-refractivity contribution in [1.82, 2.24) is 0 Å². The number of ether oxygens (including phenoxy) is 2. The van der Waals surface area contributed by atoms with Crippen LogP contribution in [0.4, 0.5) is 0 Å². The molecule has 2 heterocycles. The lowest BCUT2D eigenvalue weighted by Gasteiger charge is -2.20. The van der Waals surface area contributed by atoms with Gasteiger partial charge in [-0.1, -0.05) is 25.1 Å². The SMILES string of the molecule is CC#CCC(C)[C@H](O)C1O[C@@H]1[C@@H]1[C@H]2c3cccc(CCCC(=O)O)c3O[C@H]2C[C@H]1O. The molecule has 162 valence electrons. The Kier molecular flexibility index (Phi) is 6.06. The molecule has 2 unspecified atom stereocenters. The van der Waals surface area contributed by atoms with Gasteiger partial charge in [0.25, 0.3) is 0 Å². The van der Waals surface area contributed by atoms with Crippen LogP contribution in [0.15, 0.2) is 18.2 Å². The summed E-state index contributed by atoms with van der Waals surface area (Å²) in [7, 11) is 0. The van der Waals surface area contributed by atoms with Crippen molar-refractivity contribution in [3.05, 3.63) is 29.3 Å². The second-order valence-corrected chi connectivity index (χ2v) is 8.81. The Bertz CT molecular complexity index is 855. The molecule has 1 aromatic rings. The lowest BCUT2D eigenvalue weighted by atomic mass is 9.82. The maximum Gasteiger partial charge on any atom is 0.303 e. The molecule has 6 heteroatoms. The van der Waals surface area contributed by atoms with Crippen LogP contribution in [0.1, 0.15) is 56.6 Å². The Labute approximate surface area is 177 Å². The molecule has 0 aromatic heterocycles. The quantitative estimate of drug-likeness (QED) is 0.447. The zero-order valence-corrected chi connectivity index (χ0v) is 17.5. The van der Waals surface area contributed by atoms with E-state index in [1.54, 1.807) is 6.92 Å². The van der Waals surface area contributed by atoms with Crippen LogP contribution >= 0.6 is 0 Å². The molecule has 3 aliphatic rings. The van der Waals surface area contributed by atoms with Crippen molar-refractivity contribution >= 4 is 5.97 Å². The summed E-state index contributed by atoms with van der Waals surface area (Å²) in [6.07, 6.45) is 0.802. The number of hydrogen-bond acceptors (Lipinski definition) is 5. The van der Waals surface area contributed by atoms with E-state index in [2.05, 4.69) is 11.8 Å². The van der Waals surface area contributed by atoms with Crippen LogP contribution in [0.3, 0.4) is 0 Å². The number of epoxide rings is 1. The van der Waals surface area contributed by atoms with Crippen molar-refractivity contribution in [3.63, 3.8) is 0 Å². The van der Waals surface area contributed by atoms with Gasteiger partial charge in [0.05, 0.1) is 18.3 Å². The number of hydrogen-bond donors (Lipinski definition) is 3. The predicted octanol–water partition coefficient (Wildman–Crippen LogP) is 2.50. The molecule has 2 fully saturated rings. The summed E-state index contributed by atoms with van der Waals surface area (Å²) >= 11 is 0. The smallest absolute Gasteiger partial charge is 0.303 e. The normalized spacial score (nSPS) is 32.9. The van der Waals surface area contributed by atoms with E-state index in [1.165, 1.54) is 0 Å². The molecule has 1 saturated heterocycles. The van der Waals surface area contributed by atoms with Crippen LogP contribution in [0.25, 0.3) is 0 Å². The minimum atomic E-state index is -0.793. The van der Waals surface area contributed by atoms with Gasteiger partial charge in [-0.2, -0.15) is 0 Å². The molecule has 8 atom stereocenters. The van der Waals surface area contributed by atoms with E-state index in [9.17, 15) is 15.0 Å². The summed E-state index contributed by atoms with van der Waals surface area (Å²) in [4.78, 5) is 10.8. The Balaban J connectivity index is 1.48. The van der Waals surface area contributed by atoms with Crippen LogP contribution in [-0.4, -0.2) is 51.8 Å². The minimum Gasteiger partial charge on any atom is -0.489 e. The summed E-state index contributed by atoms with van der Waals surface area (Å²) in [5.74, 6) is 5.85. The van der Waals surface area contributed by atoms with E-state index in [0.717, 1.165) is 16.9 Å². The fraction of sp³-hybridized carbons (Fsp3) is 0.625. The van der Waals surface area contributed by atoms with Crippen molar-refractivity contribution in [3.8, 4) is 17.6 Å². The molecule has 0 spiro atoms. The lowest BCUT2D eigenvalue weighted by Crippen LogP contribution is -2.31. The molecule has 1 aromatic carbocycles. The Hall–Kier alpha value is -2.07. The largest absolute Gasteiger partial charge is 0.489 e. The zero-order valence-electron chi connectivity index (χ0n) is 17.5. The second kappa shape index (κ2) is 8.58. The lowest BCUT2D eigenvalue weighted by molar-refractivity contribution is -0.137. The van der Waals surface area contributed by atoms with Gasteiger partial charge in [-0.3, -0.25) is 4.79 Å². The maximum absolute atomic E-state index is 10.8. The third-order valence-corrected chi connectivity index (χ3v) is 6.79. The monoisotopic (exact) mass is 414 g/mol. The van der Waals surface area contributed by atoms with Crippen LogP contribution in [0.2, 0.25) is 0 Å². The molecule has 2 aliphatic heterocycles. The van der Waals surface area contributed by atoms with Gasteiger partial charge in [0, 0.05) is 36.7 Å². The number of para-hydroxylation sites is 1. The van der Waals surface area contributed by atoms with Gasteiger partial charge >= 0.3 is 5.97 Å². The Morgan fingerprint density at radius 1 is 1.37 bits per heavy atom. The number of aliphatic hydroxyl groups is 2. The van der Waals surface area contributed by atoms with Gasteiger partial charge in [-0.05, 0) is 31.2 Å². The number of aliphatic hydroxyl groups excluding tert-OH is 2. The summed E-state index contributed by atoms with van der Waals surface area (Å²) < 4.78 is 12.2. The first kappa shape index (κ1) is 21.2.